The number of rotatable bonds is 0. The van der Waals surface area contributed by atoms with E-state index in [0.717, 1.165) is 76.2 Å². The number of aromatic nitrogens is 4. The monoisotopic (exact) mass is 933 g/mol. The van der Waals surface area contributed by atoms with E-state index in [1.54, 1.807) is 0 Å². The Morgan fingerprint density at radius 3 is 1.97 bits per heavy atom. The summed E-state index contributed by atoms with van der Waals surface area (Å²) in [5.41, 5.74) is 6.77. The topological polar surface area (TPSA) is 46.5 Å². The molecule has 0 radical (unpaired) electrons. The van der Waals surface area contributed by atoms with Crippen LogP contribution in [0.4, 0.5) is 0 Å². The van der Waals surface area contributed by atoms with E-state index in [2.05, 4.69) is 133 Å². The molecule has 162 valence electrons. The van der Waals surface area contributed by atoms with Crippen molar-refractivity contribution in [3.8, 4) is 0 Å². The lowest BCUT2D eigenvalue weighted by Crippen LogP contribution is -1.82. The molecule has 0 spiro atoms. The quantitative estimate of drug-likeness (QED) is 0.191. The van der Waals surface area contributed by atoms with Gasteiger partial charge in [-0.15, -0.1) is 0 Å². The van der Waals surface area contributed by atoms with Gasteiger partial charge in [0.25, 0.3) is 0 Å². The van der Waals surface area contributed by atoms with Gasteiger partial charge in [0.15, 0.2) is 0 Å². The van der Waals surface area contributed by atoms with E-state index >= 15 is 0 Å². The van der Waals surface area contributed by atoms with Gasteiger partial charge in [-0.1, -0.05) is 0 Å². The molecule has 0 fully saturated rings. The van der Waals surface area contributed by atoms with Crippen LogP contribution in [0.15, 0.2) is 39.0 Å². The van der Waals surface area contributed by atoms with Gasteiger partial charge in [-0.3, -0.25) is 3.59 Å². The Kier molecular flexibility index (Phi) is 6.90. The Morgan fingerprint density at radius 2 is 1.28 bits per heavy atom. The Morgan fingerprint density at radius 1 is 0.656 bits per heavy atom. The number of nitrogens with zero attached hydrogens (tertiary/aromatic N) is 3. The summed E-state index contributed by atoms with van der Waals surface area (Å²) in [6, 6.07) is 3.96. The van der Waals surface area contributed by atoms with E-state index in [-0.39, 0.29) is 0 Å². The number of halogens is 8. The minimum Gasteiger partial charge on any atom is -0.352 e. The molecule has 0 aromatic carbocycles. The summed E-state index contributed by atoms with van der Waals surface area (Å²) >= 11 is 29.8. The van der Waals surface area contributed by atoms with Crippen LogP contribution in [0, 0.1) is 0 Å². The van der Waals surface area contributed by atoms with Crippen molar-refractivity contribution in [2.75, 3.05) is 0 Å². The van der Waals surface area contributed by atoms with Crippen LogP contribution in [0.5, 0.6) is 0 Å². The van der Waals surface area contributed by atoms with Crippen LogP contribution in [0.3, 0.4) is 0 Å². The molecule has 8 bridgehead atoms. The first kappa shape index (κ1) is 24.1. The molecule has 0 saturated carbocycles. The predicted octanol–water partition coefficient (Wildman–Crippen LogP) is 10.6. The van der Waals surface area contributed by atoms with E-state index in [1.807, 2.05) is 34.0 Å². The summed E-state index contributed by atoms with van der Waals surface area (Å²) < 4.78 is 8.00. The van der Waals surface area contributed by atoms with Gasteiger partial charge in [0.2, 0.25) is 0 Å². The highest BCUT2D eigenvalue weighted by Crippen LogP contribution is 2.45. The second-order valence-electron chi connectivity index (χ2n) is 6.73. The molecule has 5 heterocycles. The molecule has 2 aliphatic heterocycles. The van der Waals surface area contributed by atoms with Crippen molar-refractivity contribution in [1.29, 1.82) is 0 Å². The smallest absolute Gasteiger partial charge is 0.0943 e. The Hall–Kier alpha value is 0.440. The summed E-state index contributed by atoms with van der Waals surface area (Å²) in [6.45, 7) is 0. The maximum Gasteiger partial charge on any atom is 0.0943 e. The lowest BCUT2D eigenvalue weighted by Gasteiger charge is -1.98. The zero-order valence-electron chi connectivity index (χ0n) is 15.3. The van der Waals surface area contributed by atoms with Gasteiger partial charge < -0.3 is 4.98 Å². The van der Waals surface area contributed by atoms with Gasteiger partial charge >= 0.3 is 0 Å². The third-order valence-corrected chi connectivity index (χ3v) is 11.9. The standard InChI is InChI=1S/C20H6Br8N4/c21-9-4-8-3-6-1-2-7(29-6)5-10-11(22)14(25)20(32(10)28)16(27)19-13(24)12(23)18(31-19)15(26)17(9)30-8/h1-5,31H. The van der Waals surface area contributed by atoms with Crippen molar-refractivity contribution >= 4 is 172 Å². The summed E-state index contributed by atoms with van der Waals surface area (Å²) in [6.07, 6.45) is 5.93. The average Bonchev–Trinajstić information content (AvgIpc) is 3.47. The van der Waals surface area contributed by atoms with Gasteiger partial charge in [-0.2, -0.15) is 0 Å². The van der Waals surface area contributed by atoms with E-state index < -0.39 is 0 Å². The number of aromatic amines is 1. The van der Waals surface area contributed by atoms with Crippen LogP contribution in [-0.4, -0.2) is 18.5 Å². The molecular weight excluding hydrogens is 935 g/mol. The molecule has 0 unspecified atom stereocenters. The first-order valence-corrected chi connectivity index (χ1v) is 15.0. The first-order valence-electron chi connectivity index (χ1n) is 8.73. The number of fused-ring (bicyclic) bond motifs is 8. The highest BCUT2D eigenvalue weighted by Gasteiger charge is 2.20. The Bertz CT molecular complexity index is 1560. The largest absolute Gasteiger partial charge is 0.352 e. The van der Waals surface area contributed by atoms with E-state index in [4.69, 9.17) is 9.97 Å². The summed E-state index contributed by atoms with van der Waals surface area (Å²) in [7, 11) is 0. The maximum atomic E-state index is 4.79. The van der Waals surface area contributed by atoms with Crippen molar-refractivity contribution in [2.45, 2.75) is 0 Å². The highest BCUT2D eigenvalue weighted by atomic mass is 79.9. The summed E-state index contributed by atoms with van der Waals surface area (Å²) in [5.74, 6) is 0. The van der Waals surface area contributed by atoms with Crippen molar-refractivity contribution in [1.82, 2.24) is 18.5 Å². The third-order valence-electron chi connectivity index (χ3n) is 4.77. The molecule has 5 rings (SSSR count). The van der Waals surface area contributed by atoms with Crippen LogP contribution in [-0.2, 0) is 0 Å². The molecule has 1 N–H and O–H groups in total. The Labute approximate surface area is 249 Å². The second-order valence-corrected chi connectivity index (χ2v) is 13.1. The van der Waals surface area contributed by atoms with Gasteiger partial charge in [0.1, 0.15) is 0 Å². The molecule has 12 heteroatoms. The summed E-state index contributed by atoms with van der Waals surface area (Å²) in [5, 5.41) is 0. The number of hydrogen-bond acceptors (Lipinski definition) is 2. The predicted molar refractivity (Wildman–Crippen MR) is 161 cm³/mol. The number of H-pyrrole nitrogens is 1. The first-order chi connectivity index (χ1) is 15.2. The van der Waals surface area contributed by atoms with Crippen molar-refractivity contribution < 1.29 is 0 Å². The fourth-order valence-corrected chi connectivity index (χ4v) is 9.55. The molecule has 0 amide bonds. The molecule has 0 saturated heterocycles. The van der Waals surface area contributed by atoms with Crippen LogP contribution in [0.2, 0.25) is 0 Å². The molecule has 3 aromatic rings. The van der Waals surface area contributed by atoms with E-state index in [0.29, 0.717) is 0 Å². The molecule has 0 aliphatic carbocycles. The van der Waals surface area contributed by atoms with Crippen LogP contribution >= 0.6 is 128 Å². The van der Waals surface area contributed by atoms with Crippen LogP contribution < -0.4 is 0 Å². The van der Waals surface area contributed by atoms with Crippen molar-refractivity contribution in [2.24, 2.45) is 0 Å². The number of nitrogens with one attached hydrogen (secondary N) is 1. The van der Waals surface area contributed by atoms with Gasteiger partial charge in [-0.25, -0.2) is 9.97 Å². The van der Waals surface area contributed by atoms with E-state index in [1.165, 1.54) is 0 Å². The van der Waals surface area contributed by atoms with Crippen molar-refractivity contribution in [3.05, 3.63) is 61.7 Å². The van der Waals surface area contributed by atoms with Gasteiger partial charge in [0, 0.05) is 4.48 Å². The highest BCUT2D eigenvalue weighted by molar-refractivity contribution is 9.15. The zero-order chi connectivity index (χ0) is 22.9. The van der Waals surface area contributed by atoms with Crippen molar-refractivity contribution in [3.63, 3.8) is 0 Å². The minimum absolute atomic E-state index is 0.786. The minimum atomic E-state index is 0.786. The van der Waals surface area contributed by atoms with Crippen LogP contribution in [0.25, 0.3) is 44.8 Å². The fraction of sp³-hybridized carbons (Fsp3) is 0. The van der Waals surface area contributed by atoms with Gasteiger partial charge in [0.05, 0.1) is 87.8 Å². The molecular formula is C20H6Br8N4. The average molecular weight is 942 g/mol. The molecule has 32 heavy (non-hydrogen) atoms. The lowest BCUT2D eigenvalue weighted by molar-refractivity contribution is 1.27. The second kappa shape index (κ2) is 9.15. The molecule has 2 aliphatic rings. The SMILES string of the molecule is BrC1=Cc2cc3nc(cc4c(Br)c(Br)c(c(Br)c5[nH]c(c(Br)c1n2)c(Br)c5Br)n4Br)C=C3. The number of hydrogen-bond donors (Lipinski definition) is 1. The van der Waals surface area contributed by atoms with Gasteiger partial charge in [-0.05, 0) is 142 Å². The summed E-state index contributed by atoms with van der Waals surface area (Å²) in [4.78, 5) is 13.0. The Balaban J connectivity index is 2.06. The third kappa shape index (κ3) is 3.98. The molecule has 4 nitrogen and oxygen atoms in total. The normalized spacial score (nSPS) is 13.1. The van der Waals surface area contributed by atoms with E-state index in [9.17, 15) is 0 Å². The zero-order valence-corrected chi connectivity index (χ0v) is 27.9. The fourth-order valence-electron chi connectivity index (χ4n) is 3.29. The lowest BCUT2D eigenvalue weighted by atomic mass is 10.3. The van der Waals surface area contributed by atoms with Crippen LogP contribution in [0.1, 0.15) is 22.8 Å². The maximum absolute atomic E-state index is 4.79. The molecule has 3 aromatic heterocycles. The molecule has 0 atom stereocenters.